The van der Waals surface area contributed by atoms with Crippen LogP contribution >= 0.6 is 23.4 Å². The molecule has 0 aliphatic carbocycles. The number of piperidine rings is 1. The number of aromatic nitrogens is 2. The molecule has 0 bridgehead atoms. The Kier molecular flexibility index (Phi) is 11.0. The number of carbonyl (C=O) groups is 2. The maximum Gasteiger partial charge on any atom is 0.315 e. The van der Waals surface area contributed by atoms with Crippen molar-refractivity contribution in [2.45, 2.75) is 63.9 Å². The number of benzene rings is 2. The number of carbonyl (C=O) groups excluding carboxylic acids is 2. The number of halogens is 1. The van der Waals surface area contributed by atoms with Gasteiger partial charge in [-0.25, -0.2) is 4.79 Å². The van der Waals surface area contributed by atoms with E-state index in [-0.39, 0.29) is 18.4 Å². The lowest BCUT2D eigenvalue weighted by molar-refractivity contribution is -0.130. The molecule has 0 radical (unpaired) electrons. The lowest BCUT2D eigenvalue weighted by Crippen LogP contribution is -2.45. The molecule has 1 aromatic heterocycles. The molecule has 264 valence electrons. The summed E-state index contributed by atoms with van der Waals surface area (Å²) < 4.78 is 2.14. The molecule has 3 N–H and O–H groups in total. The van der Waals surface area contributed by atoms with Gasteiger partial charge >= 0.3 is 6.03 Å². The number of hydrogen-bond donors (Lipinski definition) is 2. The van der Waals surface area contributed by atoms with E-state index < -0.39 is 12.1 Å². The Morgan fingerprint density at radius 3 is 2.50 bits per heavy atom. The minimum Gasteiger partial charge on any atom is -0.391 e. The number of primary amides is 1. The molecule has 4 aliphatic heterocycles. The molecule has 3 aromatic rings. The van der Waals surface area contributed by atoms with E-state index in [1.165, 1.54) is 22.8 Å². The molecular formula is C38H46ClN7O3S. The SMILES string of the molecule is NC(=O)N1CCc2c(c(-c3ccc(Cl)c(C#Cc4ccc(CN5CCC(N6C[C@H](O)CC6=O)CC5)cc4)c3)nn2CCCN2CCSCC2)C1. The molecular weight excluding hydrogens is 670 g/mol. The highest BCUT2D eigenvalue weighted by molar-refractivity contribution is 7.99. The Balaban J connectivity index is 1.02. The van der Waals surface area contributed by atoms with Crippen molar-refractivity contribution in [1.29, 1.82) is 0 Å². The Hall–Kier alpha value is -3.53. The van der Waals surface area contributed by atoms with E-state index in [9.17, 15) is 14.7 Å². The minimum atomic E-state index is -0.517. The first-order chi connectivity index (χ1) is 24.3. The fourth-order valence-electron chi connectivity index (χ4n) is 7.68. The maximum absolute atomic E-state index is 12.2. The van der Waals surface area contributed by atoms with Crippen molar-refractivity contribution in [3.8, 4) is 23.1 Å². The van der Waals surface area contributed by atoms with E-state index in [0.29, 0.717) is 24.7 Å². The summed E-state index contributed by atoms with van der Waals surface area (Å²) in [4.78, 5) is 32.9. The molecule has 3 amide bonds. The van der Waals surface area contributed by atoms with E-state index in [1.807, 2.05) is 34.9 Å². The van der Waals surface area contributed by atoms with Crippen LogP contribution in [-0.4, -0.2) is 116 Å². The van der Waals surface area contributed by atoms with Gasteiger partial charge in [-0.15, -0.1) is 0 Å². The normalized spacial score (nSPS) is 20.5. The predicted molar refractivity (Wildman–Crippen MR) is 198 cm³/mol. The van der Waals surface area contributed by atoms with Gasteiger partial charge in [-0.3, -0.25) is 14.4 Å². The number of thioether (sulfide) groups is 1. The first kappa shape index (κ1) is 34.9. The van der Waals surface area contributed by atoms with Crippen LogP contribution in [0, 0.1) is 11.8 Å². The second-order valence-corrected chi connectivity index (χ2v) is 15.5. The van der Waals surface area contributed by atoms with Crippen LogP contribution in [0.5, 0.6) is 0 Å². The number of urea groups is 1. The maximum atomic E-state index is 12.2. The number of aliphatic hydroxyl groups is 1. The standard InChI is InChI=1S/C38H46ClN7O3S/c39-34-9-8-30(37-33-26-44(38(40)49)17-12-35(33)46(41-37)14-1-13-42-18-20-50-21-19-42)22-29(34)7-6-27-2-4-28(5-3-27)24-43-15-10-31(11-16-43)45-25-32(47)23-36(45)48/h2-5,8-9,22,31-32,47H,1,10-21,23-26H2,(H2,40,49)/t32-/m1/s1. The number of nitrogens with zero attached hydrogens (tertiary/aromatic N) is 6. The zero-order valence-corrected chi connectivity index (χ0v) is 30.1. The van der Waals surface area contributed by atoms with Crippen LogP contribution in [-0.2, 0) is 30.8 Å². The summed E-state index contributed by atoms with van der Waals surface area (Å²) in [6, 6.07) is 14.1. The summed E-state index contributed by atoms with van der Waals surface area (Å²) in [6.45, 7) is 8.42. The number of aliphatic hydroxyl groups excluding tert-OH is 1. The number of likely N-dealkylation sites (tertiary alicyclic amines) is 2. The number of fused-ring (bicyclic) bond motifs is 1. The number of hydrogen-bond acceptors (Lipinski definition) is 7. The Morgan fingerprint density at radius 2 is 1.78 bits per heavy atom. The van der Waals surface area contributed by atoms with Gasteiger partial charge < -0.3 is 25.5 Å². The molecule has 4 aliphatic rings. The van der Waals surface area contributed by atoms with Gasteiger partial charge in [-0.05, 0) is 55.6 Å². The van der Waals surface area contributed by atoms with Crippen LogP contribution in [0.1, 0.15) is 53.6 Å². The van der Waals surface area contributed by atoms with Gasteiger partial charge in [0.15, 0.2) is 0 Å². The van der Waals surface area contributed by atoms with Gasteiger partial charge in [0.25, 0.3) is 0 Å². The summed E-state index contributed by atoms with van der Waals surface area (Å²) in [6.07, 6.45) is 3.37. The van der Waals surface area contributed by atoms with Crippen LogP contribution in [0.15, 0.2) is 42.5 Å². The first-order valence-electron chi connectivity index (χ1n) is 17.8. The quantitative estimate of drug-likeness (QED) is 0.339. The zero-order valence-electron chi connectivity index (χ0n) is 28.5. The largest absolute Gasteiger partial charge is 0.391 e. The predicted octanol–water partition coefficient (Wildman–Crippen LogP) is 4.04. The van der Waals surface area contributed by atoms with E-state index in [2.05, 4.69) is 50.6 Å². The lowest BCUT2D eigenvalue weighted by atomic mass is 9.99. The number of aryl methyl sites for hydroxylation is 1. The van der Waals surface area contributed by atoms with Gasteiger partial charge in [0.05, 0.1) is 29.8 Å². The van der Waals surface area contributed by atoms with Gasteiger partial charge in [0.1, 0.15) is 0 Å². The topological polar surface area (TPSA) is 111 Å². The second kappa shape index (κ2) is 15.8. The smallest absolute Gasteiger partial charge is 0.315 e. The average molecular weight is 716 g/mol. The van der Waals surface area contributed by atoms with Crippen molar-refractivity contribution < 1.29 is 14.7 Å². The van der Waals surface area contributed by atoms with Crippen LogP contribution in [0.3, 0.4) is 0 Å². The van der Waals surface area contributed by atoms with Crippen LogP contribution in [0.4, 0.5) is 4.79 Å². The summed E-state index contributed by atoms with van der Waals surface area (Å²) >= 11 is 8.69. The lowest BCUT2D eigenvalue weighted by Gasteiger charge is -2.36. The van der Waals surface area contributed by atoms with E-state index in [1.54, 1.807) is 4.90 Å². The summed E-state index contributed by atoms with van der Waals surface area (Å²) in [5, 5.41) is 15.5. The highest BCUT2D eigenvalue weighted by Gasteiger charge is 2.35. The van der Waals surface area contributed by atoms with Crippen molar-refractivity contribution in [3.05, 3.63) is 75.4 Å². The third-order valence-corrected chi connectivity index (χ3v) is 11.7. The number of rotatable bonds is 8. The summed E-state index contributed by atoms with van der Waals surface area (Å²) in [5.41, 5.74) is 12.6. The van der Waals surface area contributed by atoms with Crippen molar-refractivity contribution >= 4 is 35.3 Å². The Bertz CT molecular complexity index is 1760. The highest BCUT2D eigenvalue weighted by Crippen LogP contribution is 2.32. The fraction of sp³-hybridized carbons (Fsp3) is 0.500. The van der Waals surface area contributed by atoms with Gasteiger partial charge in [-0.2, -0.15) is 16.9 Å². The summed E-state index contributed by atoms with van der Waals surface area (Å²) in [5.74, 6) is 9.08. The fourth-order valence-corrected chi connectivity index (χ4v) is 8.82. The molecule has 0 spiro atoms. The molecule has 5 heterocycles. The third kappa shape index (κ3) is 8.16. The summed E-state index contributed by atoms with van der Waals surface area (Å²) in [7, 11) is 0. The minimum absolute atomic E-state index is 0.0836. The molecule has 12 heteroatoms. The van der Waals surface area contributed by atoms with Crippen molar-refractivity contribution in [1.82, 2.24) is 29.4 Å². The van der Waals surface area contributed by atoms with Gasteiger partial charge in [0.2, 0.25) is 5.91 Å². The molecule has 1 atom stereocenters. The molecule has 2 aromatic carbocycles. The van der Waals surface area contributed by atoms with Gasteiger partial charge in [-0.1, -0.05) is 41.6 Å². The van der Waals surface area contributed by atoms with Crippen LogP contribution in [0.2, 0.25) is 5.02 Å². The number of amides is 3. The van der Waals surface area contributed by atoms with E-state index in [4.69, 9.17) is 22.4 Å². The third-order valence-electron chi connectivity index (χ3n) is 10.5. The zero-order chi connectivity index (χ0) is 34.6. The van der Waals surface area contributed by atoms with Crippen molar-refractivity contribution in [2.24, 2.45) is 5.73 Å². The Morgan fingerprint density at radius 1 is 1.00 bits per heavy atom. The monoisotopic (exact) mass is 715 g/mol. The van der Waals surface area contributed by atoms with Crippen molar-refractivity contribution in [2.75, 3.05) is 57.3 Å². The number of β-amino-alcohol motifs (C(OH)–C–C–N with tert-alkyl or cyclic N) is 1. The molecule has 7 rings (SSSR count). The molecule has 3 fully saturated rings. The van der Waals surface area contributed by atoms with E-state index in [0.717, 1.165) is 99.4 Å². The van der Waals surface area contributed by atoms with Gasteiger partial charge in [0, 0.05) is 104 Å². The number of nitrogens with two attached hydrogens (primary N) is 1. The first-order valence-corrected chi connectivity index (χ1v) is 19.4. The molecule has 0 unspecified atom stereocenters. The van der Waals surface area contributed by atoms with E-state index >= 15 is 0 Å². The van der Waals surface area contributed by atoms with Crippen LogP contribution in [0.25, 0.3) is 11.3 Å². The van der Waals surface area contributed by atoms with Crippen LogP contribution < -0.4 is 5.73 Å². The van der Waals surface area contributed by atoms with Crippen molar-refractivity contribution in [3.63, 3.8) is 0 Å². The molecule has 3 saturated heterocycles. The highest BCUT2D eigenvalue weighted by atomic mass is 35.5. The molecule has 10 nitrogen and oxygen atoms in total. The Labute approximate surface area is 303 Å². The molecule has 0 saturated carbocycles. The average Bonchev–Trinajstić information content (AvgIpc) is 3.67. The second-order valence-electron chi connectivity index (χ2n) is 13.9. The molecule has 50 heavy (non-hydrogen) atoms.